The quantitative estimate of drug-likeness (QED) is 0.471. The summed E-state index contributed by atoms with van der Waals surface area (Å²) in [6.07, 6.45) is 0. The molecule has 0 aliphatic rings. The van der Waals surface area contributed by atoms with Crippen molar-refractivity contribution >= 4 is 17.1 Å². The van der Waals surface area contributed by atoms with E-state index in [2.05, 4.69) is 10.2 Å². The number of hydrogen-bond acceptors (Lipinski definition) is 5. The smallest absolute Gasteiger partial charge is 0.271 e. The second-order valence-electron chi connectivity index (χ2n) is 3.65. The first-order valence-electron chi connectivity index (χ1n) is 5.50. The molecule has 6 heteroatoms. The van der Waals surface area contributed by atoms with Gasteiger partial charge in [-0.25, -0.2) is 0 Å². The van der Waals surface area contributed by atoms with Crippen molar-refractivity contribution in [2.24, 2.45) is 10.2 Å². The highest BCUT2D eigenvalue weighted by Crippen LogP contribution is 2.32. The van der Waals surface area contributed by atoms with Gasteiger partial charge in [0, 0.05) is 12.1 Å². The molecule has 0 N–H and O–H groups in total. The number of methoxy groups -OCH3 is 1. The molecule has 2 aromatic rings. The SMILES string of the molecule is COc1ccc([N+](=O)[O-])cc1N=Nc1ccccc1. The van der Waals surface area contributed by atoms with Crippen molar-refractivity contribution < 1.29 is 9.66 Å². The van der Waals surface area contributed by atoms with Crippen molar-refractivity contribution in [2.45, 2.75) is 0 Å². The molecule has 0 aromatic heterocycles. The zero-order chi connectivity index (χ0) is 13.7. The standard InChI is InChI=1S/C13H11N3O3/c1-19-13-8-7-11(16(17)18)9-12(13)15-14-10-5-3-2-4-6-10/h2-9H,1H3. The first-order valence-corrected chi connectivity index (χ1v) is 5.50. The average molecular weight is 257 g/mol. The maximum absolute atomic E-state index is 10.7. The van der Waals surface area contributed by atoms with Crippen molar-refractivity contribution in [2.75, 3.05) is 7.11 Å². The third kappa shape index (κ3) is 3.12. The zero-order valence-electron chi connectivity index (χ0n) is 10.2. The molecule has 0 radical (unpaired) electrons. The van der Waals surface area contributed by atoms with Crippen LogP contribution in [0.1, 0.15) is 0 Å². The van der Waals surface area contributed by atoms with E-state index < -0.39 is 4.92 Å². The summed E-state index contributed by atoms with van der Waals surface area (Å²) in [6.45, 7) is 0. The Morgan fingerprint density at radius 3 is 2.47 bits per heavy atom. The molecule has 0 heterocycles. The number of nitro groups is 1. The van der Waals surface area contributed by atoms with E-state index in [0.717, 1.165) is 0 Å². The maximum Gasteiger partial charge on any atom is 0.271 e. The fourth-order valence-electron chi connectivity index (χ4n) is 1.48. The number of hydrogen-bond donors (Lipinski definition) is 0. The Bertz CT molecular complexity index is 612. The summed E-state index contributed by atoms with van der Waals surface area (Å²) in [5, 5.41) is 18.7. The molecule has 0 unspecified atom stereocenters. The molecule has 0 amide bonds. The van der Waals surface area contributed by atoms with Gasteiger partial charge in [0.15, 0.2) is 0 Å². The Morgan fingerprint density at radius 2 is 1.84 bits per heavy atom. The van der Waals surface area contributed by atoms with E-state index in [0.29, 0.717) is 17.1 Å². The van der Waals surface area contributed by atoms with Gasteiger partial charge in [0.25, 0.3) is 5.69 Å². The van der Waals surface area contributed by atoms with E-state index in [9.17, 15) is 10.1 Å². The van der Waals surface area contributed by atoms with E-state index in [1.54, 1.807) is 12.1 Å². The van der Waals surface area contributed by atoms with Crippen LogP contribution in [0.2, 0.25) is 0 Å². The fourth-order valence-corrected chi connectivity index (χ4v) is 1.48. The molecule has 0 spiro atoms. The Morgan fingerprint density at radius 1 is 1.11 bits per heavy atom. The molecule has 0 saturated heterocycles. The molecule has 0 aliphatic carbocycles. The lowest BCUT2D eigenvalue weighted by Crippen LogP contribution is -1.89. The minimum atomic E-state index is -0.485. The monoisotopic (exact) mass is 257 g/mol. The number of azo groups is 1. The van der Waals surface area contributed by atoms with Crippen molar-refractivity contribution in [1.82, 2.24) is 0 Å². The van der Waals surface area contributed by atoms with E-state index >= 15 is 0 Å². The Labute approximate surface area is 109 Å². The van der Waals surface area contributed by atoms with Gasteiger partial charge in [0.05, 0.1) is 17.7 Å². The van der Waals surface area contributed by atoms with Gasteiger partial charge < -0.3 is 4.74 Å². The molecule has 0 saturated carbocycles. The molecular weight excluding hydrogens is 246 g/mol. The summed E-state index contributed by atoms with van der Waals surface area (Å²) in [5.74, 6) is 0.435. The molecule has 6 nitrogen and oxygen atoms in total. The Kier molecular flexibility index (Phi) is 3.82. The van der Waals surface area contributed by atoms with Gasteiger partial charge in [0.2, 0.25) is 0 Å². The van der Waals surface area contributed by atoms with Crippen LogP contribution in [0.3, 0.4) is 0 Å². The lowest BCUT2D eigenvalue weighted by Gasteiger charge is -2.02. The summed E-state index contributed by atoms with van der Waals surface area (Å²) in [4.78, 5) is 10.2. The molecule has 0 fully saturated rings. The van der Waals surface area contributed by atoms with E-state index in [1.807, 2.05) is 18.2 Å². The van der Waals surface area contributed by atoms with Crippen LogP contribution in [0.5, 0.6) is 5.75 Å². The van der Waals surface area contributed by atoms with E-state index in [4.69, 9.17) is 4.74 Å². The van der Waals surface area contributed by atoms with Gasteiger partial charge in [-0.05, 0) is 18.2 Å². The average Bonchev–Trinajstić information content (AvgIpc) is 2.45. The highest BCUT2D eigenvalue weighted by molar-refractivity contribution is 5.57. The highest BCUT2D eigenvalue weighted by Gasteiger charge is 2.10. The van der Waals surface area contributed by atoms with Crippen molar-refractivity contribution in [3.8, 4) is 5.75 Å². The van der Waals surface area contributed by atoms with Gasteiger partial charge in [-0.3, -0.25) is 10.1 Å². The third-order valence-electron chi connectivity index (χ3n) is 2.40. The number of nitrogens with zero attached hydrogens (tertiary/aromatic N) is 3. The largest absolute Gasteiger partial charge is 0.494 e. The Balaban J connectivity index is 2.35. The first kappa shape index (κ1) is 12.7. The number of nitro benzene ring substituents is 1. The minimum absolute atomic E-state index is 0.0530. The number of ether oxygens (including phenoxy) is 1. The molecule has 2 aromatic carbocycles. The normalized spacial score (nSPS) is 10.6. The minimum Gasteiger partial charge on any atom is -0.494 e. The molecule has 96 valence electrons. The van der Waals surface area contributed by atoms with Crippen LogP contribution >= 0.6 is 0 Å². The number of benzene rings is 2. The van der Waals surface area contributed by atoms with Crippen LogP contribution in [0.25, 0.3) is 0 Å². The van der Waals surface area contributed by atoms with Crippen LogP contribution in [0, 0.1) is 10.1 Å². The van der Waals surface area contributed by atoms with Crippen LogP contribution in [0.4, 0.5) is 17.1 Å². The van der Waals surface area contributed by atoms with Gasteiger partial charge in [-0.1, -0.05) is 18.2 Å². The van der Waals surface area contributed by atoms with Gasteiger partial charge >= 0.3 is 0 Å². The van der Waals surface area contributed by atoms with Crippen molar-refractivity contribution in [3.63, 3.8) is 0 Å². The third-order valence-corrected chi connectivity index (χ3v) is 2.40. The maximum atomic E-state index is 10.7. The highest BCUT2D eigenvalue weighted by atomic mass is 16.6. The molecule has 2 rings (SSSR count). The van der Waals surface area contributed by atoms with Gasteiger partial charge in [-0.15, -0.1) is 5.11 Å². The number of non-ortho nitro benzene ring substituents is 1. The summed E-state index contributed by atoms with van der Waals surface area (Å²) >= 11 is 0. The van der Waals surface area contributed by atoms with Gasteiger partial charge in [-0.2, -0.15) is 5.11 Å². The number of rotatable bonds is 4. The Hall–Kier alpha value is -2.76. The van der Waals surface area contributed by atoms with Crippen LogP contribution in [-0.4, -0.2) is 12.0 Å². The summed E-state index contributed by atoms with van der Waals surface area (Å²) in [6, 6.07) is 13.3. The molecule has 19 heavy (non-hydrogen) atoms. The summed E-state index contributed by atoms with van der Waals surface area (Å²) < 4.78 is 5.09. The van der Waals surface area contributed by atoms with Crippen LogP contribution in [-0.2, 0) is 0 Å². The van der Waals surface area contributed by atoms with Crippen molar-refractivity contribution in [3.05, 3.63) is 58.6 Å². The summed E-state index contributed by atoms with van der Waals surface area (Å²) in [7, 11) is 1.47. The second kappa shape index (κ2) is 5.72. The van der Waals surface area contributed by atoms with E-state index in [-0.39, 0.29) is 5.69 Å². The topological polar surface area (TPSA) is 77.1 Å². The lowest BCUT2D eigenvalue weighted by molar-refractivity contribution is -0.384. The first-order chi connectivity index (χ1) is 9.20. The van der Waals surface area contributed by atoms with Gasteiger partial charge in [0.1, 0.15) is 11.4 Å². The predicted octanol–water partition coefficient (Wildman–Crippen LogP) is 4.02. The van der Waals surface area contributed by atoms with E-state index in [1.165, 1.54) is 25.3 Å². The van der Waals surface area contributed by atoms with Crippen molar-refractivity contribution in [1.29, 1.82) is 0 Å². The molecule has 0 atom stereocenters. The zero-order valence-corrected chi connectivity index (χ0v) is 10.2. The van der Waals surface area contributed by atoms with Crippen LogP contribution < -0.4 is 4.74 Å². The second-order valence-corrected chi connectivity index (χ2v) is 3.65. The molecule has 0 aliphatic heterocycles. The summed E-state index contributed by atoms with van der Waals surface area (Å²) in [5.41, 5.74) is 0.930. The predicted molar refractivity (Wildman–Crippen MR) is 70.3 cm³/mol. The molecular formula is C13H11N3O3. The fraction of sp³-hybridized carbons (Fsp3) is 0.0769. The van der Waals surface area contributed by atoms with Crippen LogP contribution in [0.15, 0.2) is 58.8 Å². The lowest BCUT2D eigenvalue weighted by atomic mass is 10.2. The molecule has 0 bridgehead atoms.